The maximum absolute atomic E-state index is 13.5. The van der Waals surface area contributed by atoms with E-state index in [0.29, 0.717) is 52.5 Å². The number of hydrogen-bond donors (Lipinski definition) is 2. The molecule has 0 atom stereocenters. The van der Waals surface area contributed by atoms with Crippen LogP contribution >= 0.6 is 0 Å². The third kappa shape index (κ3) is 5.62. The van der Waals surface area contributed by atoms with Gasteiger partial charge in [-0.2, -0.15) is 4.98 Å². The van der Waals surface area contributed by atoms with Gasteiger partial charge >= 0.3 is 0 Å². The number of carbonyl (C=O) groups is 2. The van der Waals surface area contributed by atoms with Gasteiger partial charge in [-0.15, -0.1) is 0 Å². The highest BCUT2D eigenvalue weighted by Gasteiger charge is 2.30. The predicted molar refractivity (Wildman–Crippen MR) is 163 cm³/mol. The summed E-state index contributed by atoms with van der Waals surface area (Å²) in [6, 6.07) is 5.94. The first kappa shape index (κ1) is 27.9. The summed E-state index contributed by atoms with van der Waals surface area (Å²) >= 11 is 0. The Morgan fingerprint density at radius 3 is 2.62 bits per heavy atom. The molecule has 0 spiro atoms. The van der Waals surface area contributed by atoms with E-state index >= 15 is 0 Å². The standard InChI is InChI=1S/C31H38N8O3/c1-36-15-17-38(18-16-36)22-11-13-39(14-12-22)30(41)21-9-10-27(42-3)24(19-21)34-31-32-20-25-28(35-31)37(2)26-8-6-4-5-7-23(26)29(40)33-25/h4-6,8-10,19-20,22H,7,11-18H2,1-3H3,(H,33,40)(H,32,34,35). The van der Waals surface area contributed by atoms with E-state index in [1.165, 1.54) is 0 Å². The van der Waals surface area contributed by atoms with Gasteiger partial charge in [-0.3, -0.25) is 14.5 Å². The van der Waals surface area contributed by atoms with Gasteiger partial charge in [0.2, 0.25) is 5.95 Å². The highest BCUT2D eigenvalue weighted by molar-refractivity contribution is 6.08. The average Bonchev–Trinajstić information content (AvgIpc) is 3.32. The van der Waals surface area contributed by atoms with Crippen molar-refractivity contribution in [2.75, 3.05) is 76.0 Å². The van der Waals surface area contributed by atoms with E-state index in [9.17, 15) is 9.59 Å². The highest BCUT2D eigenvalue weighted by Crippen LogP contribution is 2.35. The molecule has 2 fully saturated rings. The number of benzene rings is 1. The molecule has 1 aromatic heterocycles. The minimum Gasteiger partial charge on any atom is -0.495 e. The molecule has 0 radical (unpaired) electrons. The van der Waals surface area contributed by atoms with Crippen LogP contribution in [0, 0.1) is 0 Å². The Bertz CT molecular complexity index is 1450. The Labute approximate surface area is 246 Å². The molecule has 0 saturated carbocycles. The number of anilines is 4. The number of fused-ring (bicyclic) bond motifs is 1. The van der Waals surface area contributed by atoms with Crippen LogP contribution in [0.25, 0.3) is 0 Å². The molecule has 4 heterocycles. The van der Waals surface area contributed by atoms with Crippen molar-refractivity contribution in [3.63, 3.8) is 0 Å². The lowest BCUT2D eigenvalue weighted by atomic mass is 10.0. The second-order valence-electron chi connectivity index (χ2n) is 11.2. The molecule has 0 unspecified atom stereocenters. The number of piperazine rings is 1. The summed E-state index contributed by atoms with van der Waals surface area (Å²) in [5.74, 6) is 1.30. The van der Waals surface area contributed by atoms with Crippen molar-refractivity contribution < 1.29 is 14.3 Å². The number of amides is 2. The normalized spacial score (nSPS) is 20.0. The maximum Gasteiger partial charge on any atom is 0.254 e. The van der Waals surface area contributed by atoms with E-state index < -0.39 is 0 Å². The number of ether oxygens (including phenoxy) is 1. The van der Waals surface area contributed by atoms with Gasteiger partial charge < -0.3 is 30.1 Å². The van der Waals surface area contributed by atoms with Crippen LogP contribution in [0.1, 0.15) is 29.6 Å². The van der Waals surface area contributed by atoms with Gasteiger partial charge in [0.25, 0.3) is 11.8 Å². The number of nitrogens with zero attached hydrogens (tertiary/aromatic N) is 6. The first-order valence-electron chi connectivity index (χ1n) is 14.6. The fourth-order valence-electron chi connectivity index (χ4n) is 6.09. The lowest BCUT2D eigenvalue weighted by Crippen LogP contribution is -2.52. The molecule has 6 rings (SSSR count). The Balaban J connectivity index is 1.18. The Kier molecular flexibility index (Phi) is 7.94. The Morgan fingerprint density at radius 1 is 1.07 bits per heavy atom. The number of methoxy groups -OCH3 is 1. The molecule has 3 aliphatic heterocycles. The molecule has 0 bridgehead atoms. The van der Waals surface area contributed by atoms with Crippen molar-refractivity contribution >= 4 is 35.0 Å². The van der Waals surface area contributed by atoms with Crippen LogP contribution in [0.15, 0.2) is 60.0 Å². The summed E-state index contributed by atoms with van der Waals surface area (Å²) in [7, 11) is 5.65. The fraction of sp³-hybridized carbons (Fsp3) is 0.419. The van der Waals surface area contributed by atoms with Crippen molar-refractivity contribution in [1.82, 2.24) is 24.7 Å². The van der Waals surface area contributed by atoms with Gasteiger partial charge in [0.05, 0.1) is 24.7 Å². The van der Waals surface area contributed by atoms with E-state index in [1.807, 2.05) is 41.2 Å². The average molecular weight is 571 g/mol. The van der Waals surface area contributed by atoms with Gasteiger partial charge in [-0.25, -0.2) is 4.98 Å². The predicted octanol–water partition coefficient (Wildman–Crippen LogP) is 3.24. The van der Waals surface area contributed by atoms with Crippen LogP contribution in [-0.4, -0.2) is 103 Å². The molecular weight excluding hydrogens is 532 g/mol. The number of aromatic nitrogens is 2. The van der Waals surface area contributed by atoms with Gasteiger partial charge in [-0.05, 0) is 50.6 Å². The lowest BCUT2D eigenvalue weighted by Gasteiger charge is -2.42. The molecule has 1 aliphatic carbocycles. The molecule has 2 N–H and O–H groups in total. The van der Waals surface area contributed by atoms with E-state index in [2.05, 4.69) is 32.5 Å². The van der Waals surface area contributed by atoms with Gasteiger partial charge in [-0.1, -0.05) is 18.2 Å². The number of rotatable bonds is 5. The number of piperidine rings is 1. The van der Waals surface area contributed by atoms with Crippen LogP contribution in [0.5, 0.6) is 5.75 Å². The monoisotopic (exact) mass is 570 g/mol. The Hall–Kier alpha value is -4.22. The first-order valence-corrected chi connectivity index (χ1v) is 14.6. The quantitative estimate of drug-likeness (QED) is 0.561. The number of allylic oxidation sites excluding steroid dienone is 4. The van der Waals surface area contributed by atoms with Gasteiger partial charge in [0.1, 0.15) is 11.4 Å². The minimum absolute atomic E-state index is 0.0102. The first-order chi connectivity index (χ1) is 20.4. The number of carbonyl (C=O) groups excluding carboxylic acids is 2. The van der Waals surface area contributed by atoms with Crippen LogP contribution in [-0.2, 0) is 4.79 Å². The van der Waals surface area contributed by atoms with Crippen molar-refractivity contribution in [1.29, 1.82) is 0 Å². The second kappa shape index (κ2) is 11.9. The molecular formula is C31H38N8O3. The molecule has 2 amide bonds. The zero-order chi connectivity index (χ0) is 29.2. The van der Waals surface area contributed by atoms with Gasteiger partial charge in [0, 0.05) is 63.5 Å². The number of nitrogens with one attached hydrogen (secondary N) is 2. The number of hydrogen-bond acceptors (Lipinski definition) is 9. The molecule has 2 aromatic rings. The number of likely N-dealkylation sites (tertiary alicyclic amines) is 1. The van der Waals surface area contributed by atoms with Crippen LogP contribution < -0.4 is 20.3 Å². The molecule has 220 valence electrons. The SMILES string of the molecule is COc1ccc(C(=O)N2CCC(N3CCN(C)CC3)CC2)cc1Nc1ncc2c(n1)N(C)C1=C(CC=CC=C1)C(=O)N2. The zero-order valence-electron chi connectivity index (χ0n) is 24.5. The minimum atomic E-state index is -0.170. The zero-order valence-corrected chi connectivity index (χ0v) is 24.5. The van der Waals surface area contributed by atoms with E-state index in [0.717, 1.165) is 57.8 Å². The summed E-state index contributed by atoms with van der Waals surface area (Å²) in [6.45, 7) is 5.90. The second-order valence-corrected chi connectivity index (χ2v) is 11.2. The molecule has 4 aliphatic rings. The molecule has 2 saturated heterocycles. The van der Waals surface area contributed by atoms with E-state index in [-0.39, 0.29) is 11.8 Å². The van der Waals surface area contributed by atoms with Crippen molar-refractivity contribution in [2.45, 2.75) is 25.3 Å². The van der Waals surface area contributed by atoms with Crippen LogP contribution in [0.4, 0.5) is 23.1 Å². The summed E-state index contributed by atoms with van der Waals surface area (Å²) in [5.41, 5.74) is 3.14. The van der Waals surface area contributed by atoms with E-state index in [1.54, 1.807) is 31.5 Å². The summed E-state index contributed by atoms with van der Waals surface area (Å²) in [6.07, 6.45) is 11.8. The lowest BCUT2D eigenvalue weighted by molar-refractivity contribution is -0.112. The van der Waals surface area contributed by atoms with Crippen molar-refractivity contribution in [2.24, 2.45) is 0 Å². The third-order valence-corrected chi connectivity index (χ3v) is 8.60. The van der Waals surface area contributed by atoms with Crippen LogP contribution in [0.2, 0.25) is 0 Å². The summed E-state index contributed by atoms with van der Waals surface area (Å²) in [4.78, 5) is 44.5. The molecule has 42 heavy (non-hydrogen) atoms. The third-order valence-electron chi connectivity index (χ3n) is 8.60. The van der Waals surface area contributed by atoms with Crippen molar-refractivity contribution in [3.8, 4) is 5.75 Å². The largest absolute Gasteiger partial charge is 0.495 e. The van der Waals surface area contributed by atoms with Crippen LogP contribution in [0.3, 0.4) is 0 Å². The summed E-state index contributed by atoms with van der Waals surface area (Å²) in [5, 5.41) is 6.19. The van der Waals surface area contributed by atoms with Crippen molar-refractivity contribution in [3.05, 3.63) is 65.5 Å². The topological polar surface area (TPSA) is 106 Å². The Morgan fingerprint density at radius 2 is 1.86 bits per heavy atom. The highest BCUT2D eigenvalue weighted by atomic mass is 16.5. The molecule has 11 nitrogen and oxygen atoms in total. The van der Waals surface area contributed by atoms with Gasteiger partial charge in [0.15, 0.2) is 5.82 Å². The maximum atomic E-state index is 13.5. The smallest absolute Gasteiger partial charge is 0.254 e. The summed E-state index contributed by atoms with van der Waals surface area (Å²) < 4.78 is 5.60. The number of likely N-dealkylation sites (N-methyl/N-ethyl adjacent to an activating group) is 2. The van der Waals surface area contributed by atoms with E-state index in [4.69, 9.17) is 9.72 Å². The fourth-order valence-corrected chi connectivity index (χ4v) is 6.09. The molecule has 11 heteroatoms. The molecule has 1 aromatic carbocycles.